The molecule has 32 heavy (non-hydrogen) atoms. The standard InChI is InChI=1S/C22H20Cl2N4O4/c23-19-6-3-16(9-20(19)24)14-31-21-10-25-11-22(26-21)32-18-7-8-27(13-18)12-15-1-4-17(5-2-15)28(29)30/h1-6,9-11,18H,7-8,12-14H2. The van der Waals surface area contributed by atoms with E-state index in [0.29, 0.717) is 28.3 Å². The zero-order valence-electron chi connectivity index (χ0n) is 17.0. The van der Waals surface area contributed by atoms with Gasteiger partial charge in [-0.3, -0.25) is 20.0 Å². The van der Waals surface area contributed by atoms with E-state index in [4.69, 9.17) is 32.7 Å². The Morgan fingerprint density at radius 2 is 1.81 bits per heavy atom. The predicted octanol–water partition coefficient (Wildman–Crippen LogP) is 4.92. The van der Waals surface area contributed by atoms with Gasteiger partial charge in [0.15, 0.2) is 0 Å². The maximum Gasteiger partial charge on any atom is 0.269 e. The Labute approximate surface area is 194 Å². The molecule has 1 saturated heterocycles. The molecule has 166 valence electrons. The number of nitrogens with zero attached hydrogens (tertiary/aromatic N) is 4. The van der Waals surface area contributed by atoms with Crippen molar-refractivity contribution in [3.05, 3.63) is 86.1 Å². The third kappa shape index (κ3) is 5.85. The van der Waals surface area contributed by atoms with Gasteiger partial charge in [0, 0.05) is 31.8 Å². The molecule has 8 nitrogen and oxygen atoms in total. The van der Waals surface area contributed by atoms with Crippen molar-refractivity contribution < 1.29 is 14.4 Å². The van der Waals surface area contributed by atoms with E-state index in [1.165, 1.54) is 18.3 Å². The van der Waals surface area contributed by atoms with Crippen LogP contribution in [0.1, 0.15) is 17.5 Å². The maximum absolute atomic E-state index is 10.8. The summed E-state index contributed by atoms with van der Waals surface area (Å²) in [6.45, 7) is 2.58. The summed E-state index contributed by atoms with van der Waals surface area (Å²) in [5.41, 5.74) is 1.98. The Kier molecular flexibility index (Phi) is 7.04. The molecule has 1 fully saturated rings. The molecule has 4 rings (SSSR count). The van der Waals surface area contributed by atoms with Crippen molar-refractivity contribution in [1.29, 1.82) is 0 Å². The summed E-state index contributed by atoms with van der Waals surface area (Å²) in [7, 11) is 0. The number of nitro groups is 1. The largest absolute Gasteiger partial charge is 0.472 e. The molecule has 1 aliphatic heterocycles. The Balaban J connectivity index is 1.29. The van der Waals surface area contributed by atoms with Crippen LogP contribution in [0.15, 0.2) is 54.9 Å². The first kappa shape index (κ1) is 22.3. The van der Waals surface area contributed by atoms with E-state index < -0.39 is 4.92 Å². The van der Waals surface area contributed by atoms with E-state index in [1.54, 1.807) is 30.5 Å². The molecule has 0 amide bonds. The first-order valence-corrected chi connectivity index (χ1v) is 10.7. The number of ether oxygens (including phenoxy) is 2. The number of likely N-dealkylation sites (tertiary alicyclic amines) is 1. The first-order valence-electron chi connectivity index (χ1n) is 9.97. The van der Waals surface area contributed by atoms with Gasteiger partial charge in [0.1, 0.15) is 12.7 Å². The highest BCUT2D eigenvalue weighted by molar-refractivity contribution is 6.42. The molecule has 1 aromatic heterocycles. The lowest BCUT2D eigenvalue weighted by atomic mass is 10.2. The van der Waals surface area contributed by atoms with Crippen LogP contribution in [0.3, 0.4) is 0 Å². The molecular weight excluding hydrogens is 455 g/mol. The van der Waals surface area contributed by atoms with E-state index >= 15 is 0 Å². The summed E-state index contributed by atoms with van der Waals surface area (Å²) in [6.07, 6.45) is 3.92. The number of aromatic nitrogens is 2. The molecule has 10 heteroatoms. The average molecular weight is 475 g/mol. The molecule has 3 aromatic rings. The molecule has 0 spiro atoms. The summed E-state index contributed by atoms with van der Waals surface area (Å²) in [5, 5.41) is 11.7. The summed E-state index contributed by atoms with van der Waals surface area (Å²) >= 11 is 12.0. The van der Waals surface area contributed by atoms with Gasteiger partial charge in [0.05, 0.1) is 27.4 Å². The highest BCUT2D eigenvalue weighted by Gasteiger charge is 2.24. The molecule has 0 bridgehead atoms. The summed E-state index contributed by atoms with van der Waals surface area (Å²) in [4.78, 5) is 21.2. The second-order valence-electron chi connectivity index (χ2n) is 7.42. The number of non-ortho nitro benzene ring substituents is 1. The van der Waals surface area contributed by atoms with E-state index in [1.807, 2.05) is 6.07 Å². The fourth-order valence-electron chi connectivity index (χ4n) is 3.43. The molecule has 0 saturated carbocycles. The molecule has 0 radical (unpaired) electrons. The van der Waals surface area contributed by atoms with Crippen LogP contribution in [-0.2, 0) is 13.2 Å². The average Bonchev–Trinajstić information content (AvgIpc) is 3.22. The monoisotopic (exact) mass is 474 g/mol. The van der Waals surface area contributed by atoms with Crippen LogP contribution in [-0.4, -0.2) is 39.0 Å². The molecule has 0 N–H and O–H groups in total. The van der Waals surface area contributed by atoms with Crippen molar-refractivity contribution in [1.82, 2.24) is 14.9 Å². The van der Waals surface area contributed by atoms with Gasteiger partial charge in [-0.05, 0) is 29.7 Å². The molecule has 2 aromatic carbocycles. The lowest BCUT2D eigenvalue weighted by Crippen LogP contribution is -2.24. The minimum atomic E-state index is -0.396. The van der Waals surface area contributed by atoms with Gasteiger partial charge >= 0.3 is 0 Å². The third-order valence-corrected chi connectivity index (χ3v) is 5.77. The summed E-state index contributed by atoms with van der Waals surface area (Å²) < 4.78 is 11.7. The zero-order valence-corrected chi connectivity index (χ0v) is 18.5. The van der Waals surface area contributed by atoms with Crippen LogP contribution < -0.4 is 9.47 Å². The smallest absolute Gasteiger partial charge is 0.269 e. The minimum Gasteiger partial charge on any atom is -0.472 e. The molecule has 0 aliphatic carbocycles. The van der Waals surface area contributed by atoms with Crippen LogP contribution in [0.4, 0.5) is 5.69 Å². The molecule has 2 heterocycles. The third-order valence-electron chi connectivity index (χ3n) is 5.03. The quantitative estimate of drug-likeness (QED) is 0.337. The van der Waals surface area contributed by atoms with Crippen molar-refractivity contribution >= 4 is 28.9 Å². The normalized spacial score (nSPS) is 16.1. The number of benzene rings is 2. The number of halogens is 2. The van der Waals surface area contributed by atoms with E-state index in [0.717, 1.165) is 30.6 Å². The highest BCUT2D eigenvalue weighted by Crippen LogP contribution is 2.24. The maximum atomic E-state index is 10.8. The van der Waals surface area contributed by atoms with Gasteiger partial charge in [-0.25, -0.2) is 0 Å². The number of hydrogen-bond donors (Lipinski definition) is 0. The fourth-order valence-corrected chi connectivity index (χ4v) is 3.75. The van der Waals surface area contributed by atoms with Crippen molar-refractivity contribution in [2.45, 2.75) is 25.7 Å². The topological polar surface area (TPSA) is 90.6 Å². The van der Waals surface area contributed by atoms with Crippen LogP contribution in [0, 0.1) is 10.1 Å². The lowest BCUT2D eigenvalue weighted by molar-refractivity contribution is -0.384. The van der Waals surface area contributed by atoms with Crippen LogP contribution in [0.5, 0.6) is 11.8 Å². The summed E-state index contributed by atoms with van der Waals surface area (Å²) in [6, 6.07) is 11.9. The number of nitro benzene ring substituents is 1. The molecule has 1 atom stereocenters. The van der Waals surface area contributed by atoms with Crippen LogP contribution in [0.2, 0.25) is 10.0 Å². The fraction of sp³-hybridized carbons (Fsp3) is 0.273. The van der Waals surface area contributed by atoms with Gasteiger partial charge in [0.25, 0.3) is 5.69 Å². The van der Waals surface area contributed by atoms with Gasteiger partial charge in [-0.15, -0.1) is 0 Å². The Morgan fingerprint density at radius 1 is 1.06 bits per heavy atom. The van der Waals surface area contributed by atoms with Crippen LogP contribution in [0.25, 0.3) is 0 Å². The second kappa shape index (κ2) is 10.1. The number of hydrogen-bond acceptors (Lipinski definition) is 7. The Morgan fingerprint density at radius 3 is 2.56 bits per heavy atom. The van der Waals surface area contributed by atoms with Crippen molar-refractivity contribution in [2.24, 2.45) is 0 Å². The van der Waals surface area contributed by atoms with Gasteiger partial charge in [0.2, 0.25) is 11.8 Å². The van der Waals surface area contributed by atoms with Gasteiger partial charge in [-0.1, -0.05) is 41.4 Å². The van der Waals surface area contributed by atoms with Crippen molar-refractivity contribution in [3.8, 4) is 11.8 Å². The van der Waals surface area contributed by atoms with E-state index in [2.05, 4.69) is 14.9 Å². The first-order chi connectivity index (χ1) is 15.5. The Hall–Kier alpha value is -2.94. The van der Waals surface area contributed by atoms with Gasteiger partial charge < -0.3 is 9.47 Å². The van der Waals surface area contributed by atoms with Gasteiger partial charge in [-0.2, -0.15) is 4.98 Å². The minimum absolute atomic E-state index is 0.0207. The SMILES string of the molecule is O=[N+]([O-])c1ccc(CN2CCC(Oc3cncc(OCc4ccc(Cl)c(Cl)c4)n3)C2)cc1. The zero-order chi connectivity index (χ0) is 22.5. The summed E-state index contributed by atoms with van der Waals surface area (Å²) in [5.74, 6) is 0.758. The van der Waals surface area contributed by atoms with Crippen molar-refractivity contribution in [2.75, 3.05) is 13.1 Å². The Bertz CT molecular complexity index is 1100. The predicted molar refractivity (Wildman–Crippen MR) is 120 cm³/mol. The lowest BCUT2D eigenvalue weighted by Gasteiger charge is -2.16. The molecule has 1 aliphatic rings. The van der Waals surface area contributed by atoms with E-state index in [9.17, 15) is 10.1 Å². The van der Waals surface area contributed by atoms with Crippen molar-refractivity contribution in [3.63, 3.8) is 0 Å². The second-order valence-corrected chi connectivity index (χ2v) is 8.23. The molecule has 1 unspecified atom stereocenters. The number of rotatable bonds is 8. The highest BCUT2D eigenvalue weighted by atomic mass is 35.5. The van der Waals surface area contributed by atoms with E-state index in [-0.39, 0.29) is 18.4 Å². The molecular formula is C22H20Cl2N4O4. The van der Waals surface area contributed by atoms with Crippen LogP contribution >= 0.6 is 23.2 Å².